The molecule has 0 radical (unpaired) electrons. The van der Waals surface area contributed by atoms with Crippen LogP contribution in [-0.2, 0) is 4.79 Å². The first-order valence-corrected chi connectivity index (χ1v) is 6.76. The molecule has 0 aliphatic heterocycles. The molecule has 0 saturated heterocycles. The Bertz CT molecular complexity index is 196. The molecule has 0 heterocycles. The zero-order valence-corrected chi connectivity index (χ0v) is 10.8. The molecule has 1 fully saturated rings. The van der Waals surface area contributed by atoms with Crippen molar-refractivity contribution in [3.63, 3.8) is 0 Å². The average molecular weight is 226 g/mol. The lowest BCUT2D eigenvalue weighted by atomic mass is 10.0. The van der Waals surface area contributed by atoms with Gasteiger partial charge in [-0.1, -0.05) is 25.7 Å². The molecule has 0 atom stereocenters. The largest absolute Gasteiger partial charge is 0.342 e. The molecule has 0 unspecified atom stereocenters. The first kappa shape index (κ1) is 13.5. The van der Waals surface area contributed by atoms with E-state index in [-0.39, 0.29) is 5.91 Å². The minimum Gasteiger partial charge on any atom is -0.342 e. The summed E-state index contributed by atoms with van der Waals surface area (Å²) < 4.78 is 0. The summed E-state index contributed by atoms with van der Waals surface area (Å²) in [5.41, 5.74) is 0. The van der Waals surface area contributed by atoms with Gasteiger partial charge in [0.2, 0.25) is 5.91 Å². The Morgan fingerprint density at radius 2 is 1.88 bits per heavy atom. The average Bonchev–Trinajstić information content (AvgIpc) is 2.79. The van der Waals surface area contributed by atoms with Crippen molar-refractivity contribution in [3.05, 3.63) is 0 Å². The summed E-state index contributed by atoms with van der Waals surface area (Å²) in [6, 6.07) is 0. The second-order valence-corrected chi connectivity index (χ2v) is 4.68. The Morgan fingerprint density at radius 1 is 1.25 bits per heavy atom. The quantitative estimate of drug-likeness (QED) is 0.674. The Hall–Kier alpha value is -0.570. The number of carbonyl (C=O) groups excluding carboxylic acids is 1. The molecule has 0 aromatic carbocycles. The molecule has 1 saturated carbocycles. The van der Waals surface area contributed by atoms with Crippen LogP contribution in [0.5, 0.6) is 0 Å². The zero-order chi connectivity index (χ0) is 11.8. The molecule has 3 heteroatoms. The van der Waals surface area contributed by atoms with Crippen LogP contribution in [-0.4, -0.2) is 37.0 Å². The minimum atomic E-state index is 0.233. The second-order valence-electron chi connectivity index (χ2n) is 4.68. The Balaban J connectivity index is 2.03. The van der Waals surface area contributed by atoms with Gasteiger partial charge in [0.1, 0.15) is 0 Å². The molecule has 0 aromatic heterocycles. The van der Waals surface area contributed by atoms with Crippen molar-refractivity contribution < 1.29 is 4.79 Å². The molecule has 0 aromatic rings. The van der Waals surface area contributed by atoms with E-state index in [2.05, 4.69) is 5.32 Å². The number of likely N-dealkylation sites (N-methyl/N-ethyl adjacent to an activating group) is 1. The highest BCUT2D eigenvalue weighted by Gasteiger charge is 2.14. The van der Waals surface area contributed by atoms with Crippen LogP contribution >= 0.6 is 0 Å². The summed E-state index contributed by atoms with van der Waals surface area (Å²) in [6.07, 6.45) is 6.84. The third-order valence-electron chi connectivity index (χ3n) is 3.60. The topological polar surface area (TPSA) is 32.3 Å². The van der Waals surface area contributed by atoms with Gasteiger partial charge in [-0.05, 0) is 32.7 Å². The fourth-order valence-electron chi connectivity index (χ4n) is 2.49. The fraction of sp³-hybridized carbons (Fsp3) is 0.923. The lowest BCUT2D eigenvalue weighted by Gasteiger charge is -2.19. The van der Waals surface area contributed by atoms with E-state index in [1.807, 2.05) is 18.7 Å². The predicted molar refractivity (Wildman–Crippen MR) is 67.4 cm³/mol. The number of nitrogens with one attached hydrogen (secondary N) is 1. The van der Waals surface area contributed by atoms with Crippen molar-refractivity contribution in [2.45, 2.75) is 46.0 Å². The molecule has 94 valence electrons. The smallest absolute Gasteiger partial charge is 0.236 e. The molecule has 3 nitrogen and oxygen atoms in total. The molecule has 1 N–H and O–H groups in total. The van der Waals surface area contributed by atoms with E-state index >= 15 is 0 Å². The van der Waals surface area contributed by atoms with Gasteiger partial charge in [0.25, 0.3) is 0 Å². The minimum absolute atomic E-state index is 0.233. The van der Waals surface area contributed by atoms with Crippen molar-refractivity contribution in [2.24, 2.45) is 5.92 Å². The molecule has 0 spiro atoms. The highest BCUT2D eigenvalue weighted by molar-refractivity contribution is 5.78. The van der Waals surface area contributed by atoms with Gasteiger partial charge in [0.15, 0.2) is 0 Å². The van der Waals surface area contributed by atoms with E-state index in [0.29, 0.717) is 6.54 Å². The standard InChI is InChI=1S/C13H26N2O/c1-3-15(4-2)13(16)11-14-10-9-12-7-5-6-8-12/h12,14H,3-11H2,1-2H3. The van der Waals surface area contributed by atoms with Gasteiger partial charge in [0, 0.05) is 13.1 Å². The van der Waals surface area contributed by atoms with Gasteiger partial charge >= 0.3 is 0 Å². The third kappa shape index (κ3) is 4.52. The van der Waals surface area contributed by atoms with E-state index in [1.165, 1.54) is 32.1 Å². The SMILES string of the molecule is CCN(CC)C(=O)CNCCC1CCCC1. The normalized spacial score (nSPS) is 16.6. The molecule has 16 heavy (non-hydrogen) atoms. The predicted octanol–water partition coefficient (Wildman–Crippen LogP) is 2.02. The molecule has 1 rings (SSSR count). The van der Waals surface area contributed by atoms with E-state index < -0.39 is 0 Å². The highest BCUT2D eigenvalue weighted by Crippen LogP contribution is 2.26. The van der Waals surface area contributed by atoms with Gasteiger partial charge in [-0.2, -0.15) is 0 Å². The molecule has 1 aliphatic rings. The van der Waals surface area contributed by atoms with Gasteiger partial charge in [0.05, 0.1) is 6.54 Å². The summed E-state index contributed by atoms with van der Waals surface area (Å²) in [5.74, 6) is 1.15. The summed E-state index contributed by atoms with van der Waals surface area (Å²) in [5, 5.41) is 3.27. The van der Waals surface area contributed by atoms with Crippen molar-refractivity contribution >= 4 is 5.91 Å². The lowest BCUT2D eigenvalue weighted by Crippen LogP contribution is -2.38. The van der Waals surface area contributed by atoms with E-state index in [4.69, 9.17) is 0 Å². The summed E-state index contributed by atoms with van der Waals surface area (Å²) in [7, 11) is 0. The van der Waals surface area contributed by atoms with Crippen LogP contribution in [0.2, 0.25) is 0 Å². The third-order valence-corrected chi connectivity index (χ3v) is 3.60. The first-order chi connectivity index (χ1) is 7.77. The molecular formula is C13H26N2O. The maximum Gasteiger partial charge on any atom is 0.236 e. The molecule has 1 aliphatic carbocycles. The molecular weight excluding hydrogens is 200 g/mol. The van der Waals surface area contributed by atoms with Gasteiger partial charge in [-0.15, -0.1) is 0 Å². The van der Waals surface area contributed by atoms with E-state index in [0.717, 1.165) is 25.6 Å². The van der Waals surface area contributed by atoms with Crippen molar-refractivity contribution in [1.82, 2.24) is 10.2 Å². The number of amides is 1. The van der Waals surface area contributed by atoms with Crippen LogP contribution in [0.4, 0.5) is 0 Å². The van der Waals surface area contributed by atoms with Crippen LogP contribution in [0.3, 0.4) is 0 Å². The lowest BCUT2D eigenvalue weighted by molar-refractivity contribution is -0.129. The molecule has 1 amide bonds. The Kier molecular flexibility index (Phi) is 6.46. The van der Waals surface area contributed by atoms with Crippen LogP contribution in [0.25, 0.3) is 0 Å². The monoisotopic (exact) mass is 226 g/mol. The Morgan fingerprint density at radius 3 is 2.44 bits per heavy atom. The summed E-state index contributed by atoms with van der Waals surface area (Å²) in [4.78, 5) is 13.5. The van der Waals surface area contributed by atoms with Crippen LogP contribution in [0.1, 0.15) is 46.0 Å². The fourth-order valence-corrected chi connectivity index (χ4v) is 2.49. The molecule has 0 bridgehead atoms. The van der Waals surface area contributed by atoms with Gasteiger partial charge in [-0.25, -0.2) is 0 Å². The highest BCUT2D eigenvalue weighted by atomic mass is 16.2. The second kappa shape index (κ2) is 7.66. The number of rotatable bonds is 7. The number of hydrogen-bond donors (Lipinski definition) is 1. The summed E-state index contributed by atoms with van der Waals surface area (Å²) >= 11 is 0. The Labute approximate surface area is 99.6 Å². The number of hydrogen-bond acceptors (Lipinski definition) is 2. The van der Waals surface area contributed by atoms with E-state index in [1.54, 1.807) is 0 Å². The van der Waals surface area contributed by atoms with Gasteiger partial charge in [-0.3, -0.25) is 4.79 Å². The van der Waals surface area contributed by atoms with E-state index in [9.17, 15) is 4.79 Å². The maximum absolute atomic E-state index is 11.7. The number of nitrogens with zero attached hydrogens (tertiary/aromatic N) is 1. The van der Waals surface area contributed by atoms with Crippen molar-refractivity contribution in [1.29, 1.82) is 0 Å². The van der Waals surface area contributed by atoms with Crippen LogP contribution in [0.15, 0.2) is 0 Å². The van der Waals surface area contributed by atoms with Crippen LogP contribution in [0, 0.1) is 5.92 Å². The van der Waals surface area contributed by atoms with Crippen LogP contribution < -0.4 is 5.32 Å². The van der Waals surface area contributed by atoms with Crippen molar-refractivity contribution in [3.8, 4) is 0 Å². The maximum atomic E-state index is 11.7. The first-order valence-electron chi connectivity index (χ1n) is 6.76. The van der Waals surface area contributed by atoms with Crippen molar-refractivity contribution in [2.75, 3.05) is 26.2 Å². The number of carbonyl (C=O) groups is 1. The summed E-state index contributed by atoms with van der Waals surface area (Å²) in [6.45, 7) is 7.20. The van der Waals surface area contributed by atoms with Gasteiger partial charge < -0.3 is 10.2 Å². The zero-order valence-electron chi connectivity index (χ0n) is 10.8.